The van der Waals surface area contributed by atoms with Crippen molar-refractivity contribution in [2.24, 2.45) is 0 Å². The molecule has 1 aliphatic heterocycles. The van der Waals surface area contributed by atoms with E-state index in [-0.39, 0.29) is 11.9 Å². The smallest absolute Gasteiger partial charge is 0.251 e. The minimum atomic E-state index is -0.140. The summed E-state index contributed by atoms with van der Waals surface area (Å²) in [6.07, 6.45) is 6.04. The van der Waals surface area contributed by atoms with Crippen LogP contribution < -0.4 is 15.0 Å². The Morgan fingerprint density at radius 1 is 1.03 bits per heavy atom. The van der Waals surface area contributed by atoms with Crippen molar-refractivity contribution in [3.05, 3.63) is 72.1 Å². The first-order valence-corrected chi connectivity index (χ1v) is 10.3. The second kappa shape index (κ2) is 8.95. The second-order valence-corrected chi connectivity index (χ2v) is 7.52. The number of methoxy groups -OCH3 is 1. The number of carbonyl (C=O) groups excluding carboxylic acids is 1. The van der Waals surface area contributed by atoms with E-state index in [1.54, 1.807) is 7.11 Å². The summed E-state index contributed by atoms with van der Waals surface area (Å²) in [6.45, 7) is 3.99. The first-order chi connectivity index (χ1) is 14.6. The van der Waals surface area contributed by atoms with Crippen LogP contribution in [0.4, 0.5) is 5.95 Å². The van der Waals surface area contributed by atoms with E-state index < -0.39 is 0 Å². The quantitative estimate of drug-likeness (QED) is 0.668. The van der Waals surface area contributed by atoms with E-state index in [0.717, 1.165) is 41.5 Å². The zero-order valence-electron chi connectivity index (χ0n) is 17.3. The topological polar surface area (TPSA) is 67.3 Å². The van der Waals surface area contributed by atoms with Crippen LogP contribution in [0.2, 0.25) is 0 Å². The molecule has 1 aliphatic rings. The molecule has 0 unspecified atom stereocenters. The summed E-state index contributed by atoms with van der Waals surface area (Å²) < 4.78 is 5.27. The van der Waals surface area contributed by atoms with Crippen LogP contribution in [0.3, 0.4) is 0 Å². The number of aromatic nitrogens is 2. The third-order valence-electron chi connectivity index (χ3n) is 5.43. The molecule has 0 spiro atoms. The first kappa shape index (κ1) is 19.9. The van der Waals surface area contributed by atoms with Gasteiger partial charge in [0.25, 0.3) is 5.91 Å². The first-order valence-electron chi connectivity index (χ1n) is 10.3. The third-order valence-corrected chi connectivity index (χ3v) is 5.43. The molecule has 0 radical (unpaired) electrons. The zero-order valence-corrected chi connectivity index (χ0v) is 17.3. The Morgan fingerprint density at radius 2 is 1.77 bits per heavy atom. The van der Waals surface area contributed by atoms with Crippen molar-refractivity contribution >= 4 is 11.9 Å². The van der Waals surface area contributed by atoms with Gasteiger partial charge in [0.05, 0.1) is 13.2 Å². The van der Waals surface area contributed by atoms with Crippen molar-refractivity contribution < 1.29 is 9.53 Å². The lowest BCUT2D eigenvalue weighted by molar-refractivity contribution is 0.0940. The van der Waals surface area contributed by atoms with Crippen LogP contribution in [0.25, 0.3) is 11.1 Å². The summed E-state index contributed by atoms with van der Waals surface area (Å²) in [6, 6.07) is 15.1. The molecule has 30 heavy (non-hydrogen) atoms. The van der Waals surface area contributed by atoms with Crippen LogP contribution in [-0.4, -0.2) is 36.1 Å². The van der Waals surface area contributed by atoms with E-state index in [0.29, 0.717) is 5.56 Å². The molecule has 1 atom stereocenters. The Labute approximate surface area is 176 Å². The van der Waals surface area contributed by atoms with Crippen LogP contribution in [0.1, 0.15) is 41.7 Å². The van der Waals surface area contributed by atoms with Gasteiger partial charge < -0.3 is 15.0 Å². The van der Waals surface area contributed by atoms with Gasteiger partial charge in [-0.15, -0.1) is 0 Å². The SMILES string of the molecule is COc1cccc([C@@H](C)NC(=O)c2cccc(-c3cnc(N4CCCC4)nc3)c2)c1. The van der Waals surface area contributed by atoms with Gasteiger partial charge in [-0.05, 0) is 55.2 Å². The van der Waals surface area contributed by atoms with Crippen LogP contribution >= 0.6 is 0 Å². The van der Waals surface area contributed by atoms with Gasteiger partial charge >= 0.3 is 0 Å². The van der Waals surface area contributed by atoms with Gasteiger partial charge in [0.1, 0.15) is 5.75 Å². The van der Waals surface area contributed by atoms with E-state index in [1.165, 1.54) is 12.8 Å². The number of rotatable bonds is 6. The Hall–Kier alpha value is -3.41. The van der Waals surface area contributed by atoms with E-state index in [9.17, 15) is 4.79 Å². The van der Waals surface area contributed by atoms with Crippen LogP contribution in [0.5, 0.6) is 5.75 Å². The molecule has 1 amide bonds. The number of amides is 1. The number of benzene rings is 2. The molecule has 1 saturated heterocycles. The van der Waals surface area contributed by atoms with Crippen LogP contribution in [0, 0.1) is 0 Å². The fourth-order valence-electron chi connectivity index (χ4n) is 3.66. The molecule has 6 heteroatoms. The third kappa shape index (κ3) is 4.43. The highest BCUT2D eigenvalue weighted by Gasteiger charge is 2.16. The van der Waals surface area contributed by atoms with Crippen molar-refractivity contribution in [1.82, 2.24) is 15.3 Å². The highest BCUT2D eigenvalue weighted by Crippen LogP contribution is 2.23. The molecular formula is C24H26N4O2. The number of hydrogen-bond acceptors (Lipinski definition) is 5. The fourth-order valence-corrected chi connectivity index (χ4v) is 3.66. The number of nitrogens with one attached hydrogen (secondary N) is 1. The zero-order chi connectivity index (χ0) is 20.9. The lowest BCUT2D eigenvalue weighted by Gasteiger charge is -2.16. The number of carbonyl (C=O) groups is 1. The van der Waals surface area contributed by atoms with Gasteiger partial charge in [0, 0.05) is 36.6 Å². The Morgan fingerprint density at radius 3 is 2.50 bits per heavy atom. The highest BCUT2D eigenvalue weighted by atomic mass is 16.5. The van der Waals surface area contributed by atoms with E-state index in [4.69, 9.17) is 4.74 Å². The predicted octanol–water partition coefficient (Wildman–Crippen LogP) is 4.24. The van der Waals surface area contributed by atoms with Gasteiger partial charge in [-0.2, -0.15) is 0 Å². The predicted molar refractivity (Wildman–Crippen MR) is 118 cm³/mol. The maximum Gasteiger partial charge on any atom is 0.251 e. The molecule has 0 bridgehead atoms. The number of ether oxygens (including phenoxy) is 1. The number of nitrogens with zero attached hydrogens (tertiary/aromatic N) is 3. The summed E-state index contributed by atoms with van der Waals surface area (Å²) >= 11 is 0. The molecule has 0 aliphatic carbocycles. The van der Waals surface area contributed by atoms with Gasteiger partial charge in [0.2, 0.25) is 5.95 Å². The lowest BCUT2D eigenvalue weighted by Crippen LogP contribution is -2.26. The Kier molecular flexibility index (Phi) is 5.93. The molecule has 1 N–H and O–H groups in total. The Bertz CT molecular complexity index is 1010. The van der Waals surface area contributed by atoms with Crippen LogP contribution in [-0.2, 0) is 0 Å². The van der Waals surface area contributed by atoms with Crippen molar-refractivity contribution in [1.29, 1.82) is 0 Å². The maximum atomic E-state index is 12.8. The summed E-state index contributed by atoms with van der Waals surface area (Å²) in [5.41, 5.74) is 3.41. The van der Waals surface area contributed by atoms with Gasteiger partial charge in [-0.3, -0.25) is 4.79 Å². The highest BCUT2D eigenvalue weighted by molar-refractivity contribution is 5.95. The average molecular weight is 402 g/mol. The van der Waals surface area contributed by atoms with E-state index in [1.807, 2.05) is 67.8 Å². The largest absolute Gasteiger partial charge is 0.497 e. The molecule has 2 aromatic carbocycles. The normalized spacial score (nSPS) is 14.4. The molecule has 0 saturated carbocycles. The van der Waals surface area contributed by atoms with Crippen molar-refractivity contribution in [3.63, 3.8) is 0 Å². The van der Waals surface area contributed by atoms with Crippen molar-refractivity contribution in [3.8, 4) is 16.9 Å². The monoisotopic (exact) mass is 402 g/mol. The number of anilines is 1. The number of hydrogen-bond donors (Lipinski definition) is 1. The van der Waals surface area contributed by atoms with Gasteiger partial charge in [-0.25, -0.2) is 9.97 Å². The summed E-state index contributed by atoms with van der Waals surface area (Å²) in [7, 11) is 1.63. The summed E-state index contributed by atoms with van der Waals surface area (Å²) in [5, 5.41) is 3.06. The minimum Gasteiger partial charge on any atom is -0.497 e. The van der Waals surface area contributed by atoms with Gasteiger partial charge in [0.15, 0.2) is 0 Å². The molecule has 1 fully saturated rings. The molecule has 4 rings (SSSR count). The molecule has 3 aromatic rings. The Balaban J connectivity index is 1.47. The molecule has 6 nitrogen and oxygen atoms in total. The average Bonchev–Trinajstić information content (AvgIpc) is 3.34. The maximum absolute atomic E-state index is 12.8. The molecular weight excluding hydrogens is 376 g/mol. The van der Waals surface area contributed by atoms with Crippen molar-refractivity contribution in [2.45, 2.75) is 25.8 Å². The fraction of sp³-hybridized carbons (Fsp3) is 0.292. The lowest BCUT2D eigenvalue weighted by atomic mass is 10.0. The van der Waals surface area contributed by atoms with Crippen LogP contribution in [0.15, 0.2) is 60.9 Å². The van der Waals surface area contributed by atoms with E-state index >= 15 is 0 Å². The summed E-state index contributed by atoms with van der Waals surface area (Å²) in [4.78, 5) is 24.1. The second-order valence-electron chi connectivity index (χ2n) is 7.52. The standard InChI is InChI=1S/C24H26N4O2/c1-17(18-7-6-10-22(14-18)30-2)27-23(29)20-9-5-8-19(13-20)21-15-25-24(26-16-21)28-11-3-4-12-28/h5-10,13-17H,3-4,11-12H2,1-2H3,(H,27,29)/t17-/m1/s1. The van der Waals surface area contributed by atoms with Gasteiger partial charge in [-0.1, -0.05) is 24.3 Å². The molecule has 154 valence electrons. The molecule has 2 heterocycles. The summed E-state index contributed by atoms with van der Waals surface area (Å²) in [5.74, 6) is 1.42. The molecule has 1 aromatic heterocycles. The van der Waals surface area contributed by atoms with Crippen molar-refractivity contribution in [2.75, 3.05) is 25.1 Å². The minimum absolute atomic E-state index is 0.123. The van der Waals surface area contributed by atoms with E-state index in [2.05, 4.69) is 20.2 Å².